The fraction of sp³-hybridized carbons (Fsp3) is 0.160. The minimum Gasteiger partial charge on any atom is -0.497 e. The van der Waals surface area contributed by atoms with E-state index in [1.54, 1.807) is 43.5 Å². The Labute approximate surface area is 211 Å². The summed E-state index contributed by atoms with van der Waals surface area (Å²) >= 11 is 1.32. The number of nitrogens with one attached hydrogen (secondary N) is 1. The minimum atomic E-state index is -4.14. The zero-order valence-electron chi connectivity index (χ0n) is 19.6. The summed E-state index contributed by atoms with van der Waals surface area (Å²) in [4.78, 5) is 11.8. The Morgan fingerprint density at radius 3 is 2.19 bits per heavy atom. The molecule has 0 aliphatic heterocycles. The maximum atomic E-state index is 13.0. The number of ether oxygens (including phenoxy) is 4. The predicted molar refractivity (Wildman–Crippen MR) is 135 cm³/mol. The summed E-state index contributed by atoms with van der Waals surface area (Å²) in [6.45, 7) is -0.133. The first-order chi connectivity index (χ1) is 17.3. The van der Waals surface area contributed by atoms with E-state index in [-0.39, 0.29) is 17.0 Å². The van der Waals surface area contributed by atoms with Crippen LogP contribution >= 0.6 is 11.3 Å². The van der Waals surface area contributed by atoms with Gasteiger partial charge >= 0.3 is 5.97 Å². The summed E-state index contributed by atoms with van der Waals surface area (Å²) in [5.41, 5.74) is -0.314. The third-order valence-electron chi connectivity index (χ3n) is 5.33. The number of rotatable bonds is 10. The van der Waals surface area contributed by atoms with E-state index < -0.39 is 16.0 Å². The van der Waals surface area contributed by atoms with E-state index in [1.807, 2.05) is 0 Å². The molecule has 188 valence electrons. The number of fused-ring (bicyclic) bond motifs is 1. The number of sulfonamides is 1. The van der Waals surface area contributed by atoms with Crippen molar-refractivity contribution in [2.24, 2.45) is 0 Å². The van der Waals surface area contributed by atoms with Gasteiger partial charge in [-0.1, -0.05) is 12.1 Å². The number of hydrogen-bond donors (Lipinski definition) is 2. The lowest BCUT2D eigenvalue weighted by molar-refractivity contribution is 0.0692. The molecular weight excluding hydrogens is 506 g/mol. The van der Waals surface area contributed by atoms with Crippen LogP contribution in [-0.2, 0) is 16.6 Å². The molecule has 0 aliphatic carbocycles. The Morgan fingerprint density at radius 1 is 0.917 bits per heavy atom. The Bertz CT molecular complexity index is 1510. The Morgan fingerprint density at radius 2 is 1.56 bits per heavy atom. The van der Waals surface area contributed by atoms with Gasteiger partial charge < -0.3 is 24.1 Å². The van der Waals surface area contributed by atoms with Gasteiger partial charge in [0.25, 0.3) is 0 Å². The molecule has 36 heavy (non-hydrogen) atoms. The maximum Gasteiger partial charge on any atom is 0.337 e. The average molecular weight is 530 g/mol. The van der Waals surface area contributed by atoms with Gasteiger partial charge in [-0.2, -0.15) is 0 Å². The van der Waals surface area contributed by atoms with Crippen LogP contribution in [0, 0.1) is 0 Å². The SMILES string of the molecule is COc1ccc(Oc2c(CNS(=O)(=O)c3ccccc3C(=O)O)sc3cc(OC)c(OC)cc23)cc1. The standard InChI is InChI=1S/C25H23NO8S2/c1-31-15-8-10-16(11-9-15)34-24-18-12-19(32-2)20(33-3)13-21(18)35-22(24)14-26-36(29,30)23-7-5-4-6-17(23)25(27)28/h4-13,26H,14H2,1-3H3,(H,27,28). The molecule has 9 nitrogen and oxygen atoms in total. The van der Waals surface area contributed by atoms with Gasteiger partial charge in [-0.25, -0.2) is 17.9 Å². The van der Waals surface area contributed by atoms with E-state index in [9.17, 15) is 18.3 Å². The van der Waals surface area contributed by atoms with Crippen molar-refractivity contribution in [3.63, 3.8) is 0 Å². The van der Waals surface area contributed by atoms with Crippen LogP contribution in [0.5, 0.6) is 28.7 Å². The van der Waals surface area contributed by atoms with Crippen LogP contribution in [0.2, 0.25) is 0 Å². The van der Waals surface area contributed by atoms with Crippen LogP contribution < -0.4 is 23.7 Å². The normalized spacial score (nSPS) is 11.3. The van der Waals surface area contributed by atoms with E-state index in [1.165, 1.54) is 49.8 Å². The molecule has 0 saturated carbocycles. The number of carbonyl (C=O) groups is 1. The predicted octanol–water partition coefficient (Wildman–Crippen LogP) is 4.90. The number of hydrogen-bond acceptors (Lipinski definition) is 8. The lowest BCUT2D eigenvalue weighted by Gasteiger charge is -2.12. The monoisotopic (exact) mass is 529 g/mol. The van der Waals surface area contributed by atoms with Gasteiger partial charge in [-0.3, -0.25) is 0 Å². The van der Waals surface area contributed by atoms with Gasteiger partial charge in [-0.15, -0.1) is 11.3 Å². The number of carboxylic acids is 1. The first-order valence-electron chi connectivity index (χ1n) is 10.6. The van der Waals surface area contributed by atoms with Gasteiger partial charge in [0.15, 0.2) is 17.2 Å². The molecule has 1 aromatic heterocycles. The molecule has 0 aliphatic rings. The molecule has 1 heterocycles. The molecule has 0 amide bonds. The van der Waals surface area contributed by atoms with Crippen LogP contribution in [-0.4, -0.2) is 40.8 Å². The van der Waals surface area contributed by atoms with Gasteiger partial charge in [0.05, 0.1) is 36.7 Å². The van der Waals surface area contributed by atoms with E-state index in [0.29, 0.717) is 39.0 Å². The van der Waals surface area contributed by atoms with E-state index >= 15 is 0 Å². The smallest absolute Gasteiger partial charge is 0.337 e. The van der Waals surface area contributed by atoms with Crippen molar-refractivity contribution < 1.29 is 37.3 Å². The summed E-state index contributed by atoms with van der Waals surface area (Å²) in [7, 11) is 0.474. The third-order valence-corrected chi connectivity index (χ3v) is 7.92. The lowest BCUT2D eigenvalue weighted by Crippen LogP contribution is -2.25. The fourth-order valence-electron chi connectivity index (χ4n) is 3.56. The highest BCUT2D eigenvalue weighted by molar-refractivity contribution is 7.89. The third kappa shape index (κ3) is 5.08. The number of thiophene rings is 1. The van der Waals surface area contributed by atoms with Crippen molar-refractivity contribution in [3.05, 3.63) is 71.1 Å². The second kappa shape index (κ2) is 10.4. The summed E-state index contributed by atoms with van der Waals surface area (Å²) in [5.74, 6) is 1.30. The summed E-state index contributed by atoms with van der Waals surface area (Å²) in [6.07, 6.45) is 0. The number of benzene rings is 3. The van der Waals surface area contributed by atoms with Crippen LogP contribution in [0.4, 0.5) is 0 Å². The fourth-order valence-corrected chi connectivity index (χ4v) is 5.92. The summed E-state index contributed by atoms with van der Waals surface area (Å²) in [6, 6.07) is 16.0. The number of methoxy groups -OCH3 is 3. The van der Waals surface area contributed by atoms with Crippen molar-refractivity contribution >= 4 is 37.4 Å². The molecule has 4 rings (SSSR count). The average Bonchev–Trinajstić information content (AvgIpc) is 3.23. The first kappa shape index (κ1) is 25.3. The Hall–Kier alpha value is -3.80. The van der Waals surface area contributed by atoms with Crippen molar-refractivity contribution in [2.45, 2.75) is 11.4 Å². The van der Waals surface area contributed by atoms with Crippen LogP contribution in [0.25, 0.3) is 10.1 Å². The summed E-state index contributed by atoms with van der Waals surface area (Å²) in [5, 5.41) is 10.1. The van der Waals surface area contributed by atoms with Crippen LogP contribution in [0.15, 0.2) is 65.6 Å². The van der Waals surface area contributed by atoms with Crippen LogP contribution in [0.1, 0.15) is 15.2 Å². The molecule has 0 saturated heterocycles. The second-order valence-corrected chi connectivity index (χ2v) is 10.3. The van der Waals surface area contributed by atoms with Crippen LogP contribution in [0.3, 0.4) is 0 Å². The number of carboxylic acid groups (broad SMARTS) is 1. The van der Waals surface area contributed by atoms with E-state index in [4.69, 9.17) is 18.9 Å². The highest BCUT2D eigenvalue weighted by Gasteiger charge is 2.24. The van der Waals surface area contributed by atoms with Gasteiger partial charge in [-0.05, 0) is 42.5 Å². The molecule has 2 N–H and O–H groups in total. The van der Waals surface area contributed by atoms with E-state index in [0.717, 1.165) is 4.70 Å². The second-order valence-electron chi connectivity index (χ2n) is 7.46. The highest BCUT2D eigenvalue weighted by atomic mass is 32.2. The topological polar surface area (TPSA) is 120 Å². The lowest BCUT2D eigenvalue weighted by atomic mass is 10.2. The van der Waals surface area contributed by atoms with Gasteiger partial charge in [0, 0.05) is 22.7 Å². The molecule has 0 fully saturated rings. The molecule has 11 heteroatoms. The molecule has 0 spiro atoms. The molecule has 3 aromatic carbocycles. The molecule has 0 radical (unpaired) electrons. The van der Waals surface area contributed by atoms with Crippen molar-refractivity contribution in [3.8, 4) is 28.7 Å². The molecular formula is C25H23NO8S2. The molecule has 0 atom stereocenters. The van der Waals surface area contributed by atoms with E-state index in [2.05, 4.69) is 4.72 Å². The Kier molecular flexibility index (Phi) is 7.34. The maximum absolute atomic E-state index is 13.0. The van der Waals surface area contributed by atoms with Crippen molar-refractivity contribution in [2.75, 3.05) is 21.3 Å². The zero-order valence-corrected chi connectivity index (χ0v) is 21.2. The number of aromatic carboxylic acids is 1. The largest absolute Gasteiger partial charge is 0.497 e. The minimum absolute atomic E-state index is 0.133. The van der Waals surface area contributed by atoms with Gasteiger partial charge in [0.2, 0.25) is 10.0 Å². The van der Waals surface area contributed by atoms with Crippen molar-refractivity contribution in [1.29, 1.82) is 0 Å². The Balaban J connectivity index is 1.75. The van der Waals surface area contributed by atoms with Gasteiger partial charge in [0.1, 0.15) is 11.5 Å². The zero-order chi connectivity index (χ0) is 25.9. The van der Waals surface area contributed by atoms with Crippen molar-refractivity contribution in [1.82, 2.24) is 4.72 Å². The first-order valence-corrected chi connectivity index (χ1v) is 12.9. The summed E-state index contributed by atoms with van der Waals surface area (Å²) < 4.78 is 51.6. The molecule has 0 bridgehead atoms. The molecule has 4 aromatic rings. The molecule has 0 unspecified atom stereocenters. The highest BCUT2D eigenvalue weighted by Crippen LogP contribution is 2.45. The quantitative estimate of drug-likeness (QED) is 0.298.